The molecule has 0 aromatic carbocycles. The van der Waals surface area contributed by atoms with Gasteiger partial charge in [0.1, 0.15) is 5.75 Å². The molecule has 0 fully saturated rings. The SMILES string of the molecule is O=S(=O)(O)Cc1ccnnn1. The quantitative estimate of drug-likeness (QED) is 0.595. The minimum absolute atomic E-state index is 0.169. The van der Waals surface area contributed by atoms with Gasteiger partial charge in [0, 0.05) is 0 Å². The lowest BCUT2D eigenvalue weighted by molar-refractivity contribution is 0.481. The second-order valence-corrected chi connectivity index (χ2v) is 3.29. The van der Waals surface area contributed by atoms with Gasteiger partial charge >= 0.3 is 0 Å². The van der Waals surface area contributed by atoms with Crippen molar-refractivity contribution in [2.24, 2.45) is 0 Å². The first-order chi connectivity index (χ1) is 5.08. The molecule has 0 bridgehead atoms. The Hall–Kier alpha value is -1.08. The lowest BCUT2D eigenvalue weighted by Crippen LogP contribution is -2.04. The van der Waals surface area contributed by atoms with Crippen molar-refractivity contribution in [2.75, 3.05) is 0 Å². The molecule has 11 heavy (non-hydrogen) atoms. The highest BCUT2D eigenvalue weighted by molar-refractivity contribution is 7.84. The number of aromatic nitrogens is 3. The van der Waals surface area contributed by atoms with E-state index in [4.69, 9.17) is 4.55 Å². The molecule has 1 aromatic rings. The van der Waals surface area contributed by atoms with Crippen LogP contribution in [0.15, 0.2) is 12.3 Å². The first-order valence-electron chi connectivity index (χ1n) is 2.66. The Kier molecular flexibility index (Phi) is 2.11. The highest BCUT2D eigenvalue weighted by Crippen LogP contribution is 1.96. The molecule has 60 valence electrons. The van der Waals surface area contributed by atoms with E-state index >= 15 is 0 Å². The molecule has 7 heteroatoms. The van der Waals surface area contributed by atoms with Gasteiger partial charge in [0.2, 0.25) is 0 Å². The van der Waals surface area contributed by atoms with E-state index in [2.05, 4.69) is 15.4 Å². The van der Waals surface area contributed by atoms with Crippen molar-refractivity contribution in [1.29, 1.82) is 0 Å². The molecule has 0 atom stereocenters. The maximum Gasteiger partial charge on any atom is 0.270 e. The number of hydrogen-bond acceptors (Lipinski definition) is 5. The Morgan fingerprint density at radius 1 is 1.55 bits per heavy atom. The summed E-state index contributed by atoms with van der Waals surface area (Å²) in [5.41, 5.74) is 0.169. The Bertz CT molecular complexity index is 322. The standard InChI is InChI=1S/C4H5N3O3S/c8-11(9,10)3-4-1-2-5-7-6-4/h1-2H,3H2,(H,8,9,10). The van der Waals surface area contributed by atoms with Gasteiger partial charge in [0.25, 0.3) is 10.1 Å². The predicted octanol–water partition coefficient (Wildman–Crippen LogP) is -0.741. The van der Waals surface area contributed by atoms with Crippen LogP contribution in [0.1, 0.15) is 5.69 Å². The summed E-state index contributed by atoms with van der Waals surface area (Å²) in [4.78, 5) is 0. The van der Waals surface area contributed by atoms with Gasteiger partial charge in [0.15, 0.2) is 0 Å². The van der Waals surface area contributed by atoms with E-state index in [0.29, 0.717) is 0 Å². The largest absolute Gasteiger partial charge is 0.285 e. The summed E-state index contributed by atoms with van der Waals surface area (Å²) in [6.45, 7) is 0. The highest BCUT2D eigenvalue weighted by atomic mass is 32.2. The summed E-state index contributed by atoms with van der Waals surface area (Å²) >= 11 is 0. The van der Waals surface area contributed by atoms with Crippen molar-refractivity contribution in [3.63, 3.8) is 0 Å². The molecule has 0 amide bonds. The molecule has 1 rings (SSSR count). The van der Waals surface area contributed by atoms with Crippen LogP contribution < -0.4 is 0 Å². The summed E-state index contributed by atoms with van der Waals surface area (Å²) in [6, 6.07) is 1.36. The van der Waals surface area contributed by atoms with Crippen molar-refractivity contribution >= 4 is 10.1 Å². The van der Waals surface area contributed by atoms with Crippen LogP contribution in [0.3, 0.4) is 0 Å². The topological polar surface area (TPSA) is 93.0 Å². The van der Waals surface area contributed by atoms with Gasteiger partial charge in [-0.1, -0.05) is 0 Å². The molecule has 6 nitrogen and oxygen atoms in total. The Morgan fingerprint density at radius 3 is 2.73 bits per heavy atom. The van der Waals surface area contributed by atoms with Crippen LogP contribution in [-0.4, -0.2) is 28.4 Å². The van der Waals surface area contributed by atoms with Crippen molar-refractivity contribution < 1.29 is 13.0 Å². The summed E-state index contributed by atoms with van der Waals surface area (Å²) in [6.07, 6.45) is 1.30. The molecule has 1 heterocycles. The molecular weight excluding hydrogens is 170 g/mol. The van der Waals surface area contributed by atoms with Crippen LogP contribution in [0, 0.1) is 0 Å². The van der Waals surface area contributed by atoms with Gasteiger partial charge in [-0.2, -0.15) is 8.42 Å². The fourth-order valence-corrected chi connectivity index (χ4v) is 1.06. The number of rotatable bonds is 2. The Labute approximate surface area is 63.0 Å². The molecule has 0 radical (unpaired) electrons. The van der Waals surface area contributed by atoms with E-state index in [0.717, 1.165) is 0 Å². The third-order valence-corrected chi connectivity index (χ3v) is 1.55. The molecule has 0 aliphatic rings. The van der Waals surface area contributed by atoms with Crippen LogP contribution in [0.4, 0.5) is 0 Å². The minimum atomic E-state index is -4.01. The van der Waals surface area contributed by atoms with Crippen molar-refractivity contribution in [3.05, 3.63) is 18.0 Å². The van der Waals surface area contributed by atoms with E-state index in [9.17, 15) is 8.42 Å². The maximum atomic E-state index is 10.3. The summed E-state index contributed by atoms with van der Waals surface area (Å²) in [5.74, 6) is -0.525. The molecule has 0 aliphatic carbocycles. The van der Waals surface area contributed by atoms with Gasteiger partial charge in [-0.25, -0.2) is 0 Å². The lowest BCUT2D eigenvalue weighted by atomic mass is 10.5. The van der Waals surface area contributed by atoms with Crippen molar-refractivity contribution in [3.8, 4) is 0 Å². The molecule has 1 N–H and O–H groups in total. The third kappa shape index (κ3) is 3.01. The van der Waals surface area contributed by atoms with Crippen LogP contribution in [0.2, 0.25) is 0 Å². The van der Waals surface area contributed by atoms with Gasteiger partial charge in [-0.05, 0) is 11.3 Å². The van der Waals surface area contributed by atoms with E-state index in [1.807, 2.05) is 0 Å². The summed E-state index contributed by atoms with van der Waals surface area (Å²) in [5, 5.41) is 9.89. The fraction of sp³-hybridized carbons (Fsp3) is 0.250. The molecular formula is C4H5N3O3S. The zero-order chi connectivity index (χ0) is 8.32. The molecule has 0 saturated carbocycles. The average Bonchev–Trinajstić information content (AvgIpc) is 1.85. The normalized spacial score (nSPS) is 11.4. The lowest BCUT2D eigenvalue weighted by Gasteiger charge is -1.92. The van der Waals surface area contributed by atoms with E-state index in [1.165, 1.54) is 12.3 Å². The van der Waals surface area contributed by atoms with E-state index in [1.54, 1.807) is 0 Å². The first kappa shape index (κ1) is 8.02. The fourth-order valence-electron chi connectivity index (χ4n) is 0.530. The van der Waals surface area contributed by atoms with Crippen LogP contribution in [0.5, 0.6) is 0 Å². The van der Waals surface area contributed by atoms with Gasteiger partial charge in [-0.3, -0.25) is 4.55 Å². The Morgan fingerprint density at radius 2 is 2.27 bits per heavy atom. The van der Waals surface area contributed by atoms with Gasteiger partial charge < -0.3 is 0 Å². The zero-order valence-electron chi connectivity index (χ0n) is 5.38. The second-order valence-electron chi connectivity index (χ2n) is 1.84. The zero-order valence-corrected chi connectivity index (χ0v) is 6.19. The van der Waals surface area contributed by atoms with E-state index in [-0.39, 0.29) is 5.69 Å². The average molecular weight is 175 g/mol. The smallest absolute Gasteiger partial charge is 0.270 e. The predicted molar refractivity (Wildman–Crippen MR) is 35.1 cm³/mol. The van der Waals surface area contributed by atoms with Crippen LogP contribution in [-0.2, 0) is 15.9 Å². The minimum Gasteiger partial charge on any atom is -0.285 e. The maximum absolute atomic E-state index is 10.3. The molecule has 1 aromatic heterocycles. The molecule has 0 aliphatic heterocycles. The molecule has 0 saturated heterocycles. The number of hydrogen-bond donors (Lipinski definition) is 1. The first-order valence-corrected chi connectivity index (χ1v) is 4.27. The third-order valence-electron chi connectivity index (χ3n) is 0.889. The molecule has 0 spiro atoms. The summed E-state index contributed by atoms with van der Waals surface area (Å²) < 4.78 is 28.9. The Balaban J connectivity index is 2.82. The highest BCUT2D eigenvalue weighted by Gasteiger charge is 2.06. The summed E-state index contributed by atoms with van der Waals surface area (Å²) in [7, 11) is -4.01. The van der Waals surface area contributed by atoms with Gasteiger partial charge in [-0.15, -0.1) is 10.2 Å². The number of nitrogens with zero attached hydrogens (tertiary/aromatic N) is 3. The van der Waals surface area contributed by atoms with Crippen LogP contribution in [0.25, 0.3) is 0 Å². The monoisotopic (exact) mass is 175 g/mol. The van der Waals surface area contributed by atoms with Crippen molar-refractivity contribution in [1.82, 2.24) is 15.4 Å². The van der Waals surface area contributed by atoms with Gasteiger partial charge in [0.05, 0.1) is 11.9 Å². The van der Waals surface area contributed by atoms with Crippen molar-refractivity contribution in [2.45, 2.75) is 5.75 Å². The van der Waals surface area contributed by atoms with E-state index < -0.39 is 15.9 Å². The molecule has 0 unspecified atom stereocenters. The second kappa shape index (κ2) is 2.89. The van der Waals surface area contributed by atoms with Crippen LogP contribution >= 0.6 is 0 Å².